The van der Waals surface area contributed by atoms with Gasteiger partial charge >= 0.3 is 0 Å². The van der Waals surface area contributed by atoms with E-state index in [1.807, 2.05) is 0 Å². The van der Waals surface area contributed by atoms with Gasteiger partial charge in [-0.05, 0) is 116 Å². The molecule has 0 spiro atoms. The molecule has 1 aliphatic rings. The molecule has 0 atom stereocenters. The Morgan fingerprint density at radius 2 is 0.488 bits per heavy atom. The van der Waals surface area contributed by atoms with Crippen LogP contribution in [-0.4, -0.2) is 27.4 Å². The van der Waals surface area contributed by atoms with Gasteiger partial charge in [-0.25, -0.2) is 0 Å². The van der Waals surface area contributed by atoms with Gasteiger partial charge < -0.3 is 27.4 Å². The molecule has 6 heteroatoms. The molecule has 6 heterocycles. The van der Waals surface area contributed by atoms with E-state index in [2.05, 4.69) is 306 Å². The Morgan fingerprint density at radius 1 is 0.226 bits per heavy atom. The minimum Gasteiger partial charge on any atom is -0.312 e. The van der Waals surface area contributed by atoms with E-state index in [1.54, 1.807) is 0 Å². The molecule has 6 aromatic heterocycles. The maximum Gasteiger partial charge on any atom is 0.0663 e. The Bertz CT molecular complexity index is 5720. The minimum absolute atomic E-state index is 0.895. The number of rotatable bonds is 6. The van der Waals surface area contributed by atoms with E-state index in [-0.39, 0.29) is 0 Å². The molecule has 0 bridgehead atoms. The summed E-state index contributed by atoms with van der Waals surface area (Å²) in [5.41, 5.74) is 22.4. The number of fused-ring (bicyclic) bond motifs is 21. The summed E-state index contributed by atoms with van der Waals surface area (Å²) in [5, 5.41) is 13.6. The molecule has 1 aliphatic carbocycles. The van der Waals surface area contributed by atoms with Crippen LogP contribution in [0.15, 0.2) is 273 Å². The predicted octanol–water partition coefficient (Wildman–Crippen LogP) is 20.1. The number of nitrogens with zero attached hydrogens (tertiary/aromatic N) is 6. The lowest BCUT2D eigenvalue weighted by Crippen LogP contribution is -2.04. The summed E-state index contributed by atoms with van der Waals surface area (Å²) in [6.07, 6.45) is 6.68. The Morgan fingerprint density at radius 3 is 0.833 bits per heavy atom. The lowest BCUT2D eigenvalue weighted by atomic mass is 9.98. The summed E-state index contributed by atoms with van der Waals surface area (Å²) < 4.78 is 15.2. The Kier molecular flexibility index (Phi) is 9.36. The van der Waals surface area contributed by atoms with Crippen molar-refractivity contribution in [3.8, 4) is 34.1 Å². The highest BCUT2D eigenvalue weighted by molar-refractivity contribution is 6.37. The zero-order valence-corrected chi connectivity index (χ0v) is 45.7. The molecular weight excluding hydrogens is 1020 g/mol. The summed E-state index contributed by atoms with van der Waals surface area (Å²) in [6, 6.07) is 99.1. The van der Waals surface area contributed by atoms with Crippen molar-refractivity contribution in [2.24, 2.45) is 0 Å². The smallest absolute Gasteiger partial charge is 0.0663 e. The molecule has 18 aromatic rings. The average molecular weight is 1070 g/mol. The van der Waals surface area contributed by atoms with Crippen LogP contribution in [0.25, 0.3) is 160 Å². The molecule has 0 unspecified atom stereocenters. The van der Waals surface area contributed by atoms with Crippen molar-refractivity contribution in [2.75, 3.05) is 0 Å². The van der Waals surface area contributed by atoms with Crippen LogP contribution in [0, 0.1) is 0 Å². The second-order valence-electron chi connectivity index (χ2n) is 22.7. The topological polar surface area (TPSA) is 29.6 Å². The fourth-order valence-electron chi connectivity index (χ4n) is 15.1. The highest BCUT2D eigenvalue weighted by Crippen LogP contribution is 2.51. The number of aromatic nitrogens is 6. The lowest BCUT2D eigenvalue weighted by molar-refractivity contribution is 0.889. The van der Waals surface area contributed by atoms with Crippen molar-refractivity contribution in [1.29, 1.82) is 0 Å². The first-order valence-corrected chi connectivity index (χ1v) is 29.2. The van der Waals surface area contributed by atoms with Crippen LogP contribution in [0.2, 0.25) is 0 Å². The number of allylic oxidation sites excluding steroid dienone is 1. The van der Waals surface area contributed by atoms with E-state index in [9.17, 15) is 0 Å². The second-order valence-corrected chi connectivity index (χ2v) is 22.7. The summed E-state index contributed by atoms with van der Waals surface area (Å²) in [4.78, 5) is 0. The Labute approximate surface area is 482 Å². The third-order valence-corrected chi connectivity index (χ3v) is 18.4. The highest BCUT2D eigenvalue weighted by atomic mass is 15.1. The molecule has 392 valence electrons. The molecule has 0 saturated carbocycles. The quantitative estimate of drug-likeness (QED) is 0.159. The minimum atomic E-state index is 0.895. The summed E-state index contributed by atoms with van der Waals surface area (Å²) in [6.45, 7) is 0. The molecule has 12 aromatic carbocycles. The molecule has 0 N–H and O–H groups in total. The molecule has 0 amide bonds. The highest BCUT2D eigenvalue weighted by Gasteiger charge is 2.31. The van der Waals surface area contributed by atoms with E-state index in [0.29, 0.717) is 0 Å². The fraction of sp³-hybridized carbons (Fsp3) is 0.0256. The van der Waals surface area contributed by atoms with Crippen LogP contribution in [-0.2, 0) is 6.42 Å². The van der Waals surface area contributed by atoms with Crippen LogP contribution >= 0.6 is 0 Å². The maximum absolute atomic E-state index is 2.66. The third-order valence-electron chi connectivity index (χ3n) is 18.4. The molecular formula is C78H50N6. The van der Waals surface area contributed by atoms with Crippen molar-refractivity contribution >= 4 is 126 Å². The molecule has 0 fully saturated rings. The normalized spacial score (nSPS) is 12.9. The van der Waals surface area contributed by atoms with E-state index in [0.717, 1.165) is 58.0 Å². The van der Waals surface area contributed by atoms with Crippen molar-refractivity contribution in [1.82, 2.24) is 27.4 Å². The molecule has 84 heavy (non-hydrogen) atoms. The average Bonchev–Trinajstić information content (AvgIpc) is 1.58. The van der Waals surface area contributed by atoms with Gasteiger partial charge in [0.15, 0.2) is 0 Å². The van der Waals surface area contributed by atoms with Gasteiger partial charge in [0.05, 0.1) is 60.7 Å². The molecule has 6 nitrogen and oxygen atoms in total. The van der Waals surface area contributed by atoms with Gasteiger partial charge in [0.2, 0.25) is 0 Å². The maximum atomic E-state index is 2.66. The fourth-order valence-corrected chi connectivity index (χ4v) is 15.1. The molecule has 19 rings (SSSR count). The van der Waals surface area contributed by atoms with Gasteiger partial charge in [0.1, 0.15) is 0 Å². The number of hydrogen-bond donors (Lipinski definition) is 0. The van der Waals surface area contributed by atoms with E-state index in [1.165, 1.54) is 120 Å². The van der Waals surface area contributed by atoms with Gasteiger partial charge in [0.25, 0.3) is 0 Å². The summed E-state index contributed by atoms with van der Waals surface area (Å²) in [5.74, 6) is 0. The van der Waals surface area contributed by atoms with Gasteiger partial charge in [-0.1, -0.05) is 176 Å². The third kappa shape index (κ3) is 6.13. The number of para-hydroxylation sites is 8. The first-order chi connectivity index (χ1) is 41.7. The number of benzene rings is 12. The first kappa shape index (κ1) is 45.6. The zero-order valence-electron chi connectivity index (χ0n) is 45.7. The van der Waals surface area contributed by atoms with Crippen molar-refractivity contribution < 1.29 is 0 Å². The van der Waals surface area contributed by atoms with Crippen LogP contribution in [0.3, 0.4) is 0 Å². The summed E-state index contributed by atoms with van der Waals surface area (Å²) in [7, 11) is 0. The lowest BCUT2D eigenvalue weighted by Gasteiger charge is -2.17. The van der Waals surface area contributed by atoms with Crippen molar-refractivity contribution in [3.63, 3.8) is 0 Å². The van der Waals surface area contributed by atoms with Gasteiger partial charge in [-0.15, -0.1) is 0 Å². The first-order valence-electron chi connectivity index (χ1n) is 29.2. The van der Waals surface area contributed by atoms with Gasteiger partial charge in [0, 0.05) is 105 Å². The van der Waals surface area contributed by atoms with Crippen LogP contribution in [0.1, 0.15) is 17.7 Å². The van der Waals surface area contributed by atoms with Crippen molar-refractivity contribution in [2.45, 2.75) is 12.8 Å². The van der Waals surface area contributed by atoms with E-state index < -0.39 is 0 Å². The molecule has 0 radical (unpaired) electrons. The van der Waals surface area contributed by atoms with Gasteiger partial charge in [-0.2, -0.15) is 0 Å². The Balaban J connectivity index is 0.979. The van der Waals surface area contributed by atoms with Gasteiger partial charge in [-0.3, -0.25) is 0 Å². The van der Waals surface area contributed by atoms with Crippen LogP contribution in [0.5, 0.6) is 0 Å². The van der Waals surface area contributed by atoms with Crippen LogP contribution < -0.4 is 0 Å². The van der Waals surface area contributed by atoms with Crippen LogP contribution in [0.4, 0.5) is 0 Å². The SMILES string of the molecule is C1=Cc2c(n(-c3cccc(-n4c5ccccc5c5ccccc54)c3)c3c2c2c(c4ccccc4n2-c2cccc(-n4c5ccccc5c5ccccc54)c2)c2c3c3ccccc3n2-c2cccc(-n3c4ccccc4c4ccccc43)c2)CC1. The zero-order chi connectivity index (χ0) is 54.7. The van der Waals surface area contributed by atoms with Crippen molar-refractivity contribution in [3.05, 3.63) is 284 Å². The molecule has 0 aliphatic heterocycles. The molecule has 0 saturated heterocycles. The Hall–Kier alpha value is -11.1. The van der Waals surface area contributed by atoms with E-state index in [4.69, 9.17) is 0 Å². The largest absolute Gasteiger partial charge is 0.312 e. The van der Waals surface area contributed by atoms with E-state index >= 15 is 0 Å². The second kappa shape index (κ2) is 17.2. The monoisotopic (exact) mass is 1070 g/mol. The predicted molar refractivity (Wildman–Crippen MR) is 352 cm³/mol. The summed E-state index contributed by atoms with van der Waals surface area (Å²) >= 11 is 0. The number of hydrogen-bond acceptors (Lipinski definition) is 0. The standard InChI is InChI=1S/C78H50N6/c1-10-37-64-55(28-1)56-29-2-11-38-65(56)79(64)49-22-19-25-52(46-49)82-70-43-16-7-34-61(70)73-76(82)74-62-35-8-17-44-71(62)83(53-26-20-23-50(47-53)80-66-39-12-3-30-57(66)58-31-4-13-40-67(58)80)78(74)75-63-36-9-18-45-72(63)84(77(73)75)54-27-21-24-51(48-54)81-68-41-14-5-32-59(68)60-33-6-15-42-69(60)81/h1-17,19-44,46-48H,18,45H2.